The Bertz CT molecular complexity index is 625. The van der Waals surface area contributed by atoms with Crippen LogP contribution in [-0.2, 0) is 9.84 Å². The molecule has 1 fully saturated rings. The quantitative estimate of drug-likeness (QED) is 0.852. The number of nitrogens with zero attached hydrogens (tertiary/aromatic N) is 1. The molecular weight excluding hydrogens is 324 g/mol. The second-order valence-corrected chi connectivity index (χ2v) is 7.14. The van der Waals surface area contributed by atoms with E-state index in [0.29, 0.717) is 26.2 Å². The van der Waals surface area contributed by atoms with Crippen LogP contribution in [0.5, 0.6) is 0 Å². The van der Waals surface area contributed by atoms with Gasteiger partial charge in [0.15, 0.2) is 9.84 Å². The summed E-state index contributed by atoms with van der Waals surface area (Å²) in [5, 5.41) is 3.10. The smallest absolute Gasteiger partial charge is 0.367 e. The number of halogens is 4. The fourth-order valence-electron chi connectivity index (χ4n) is 2.21. The van der Waals surface area contributed by atoms with E-state index >= 15 is 0 Å². The number of sulfone groups is 1. The van der Waals surface area contributed by atoms with Crippen LogP contribution in [0.1, 0.15) is 6.42 Å². The molecule has 1 heterocycles. The third-order valence-electron chi connectivity index (χ3n) is 3.39. The second kappa shape index (κ2) is 6.41. The topological polar surface area (TPSA) is 49.4 Å². The van der Waals surface area contributed by atoms with Crippen molar-refractivity contribution in [3.63, 3.8) is 0 Å². The largest absolute Gasteiger partial charge is 0.390 e. The number of benzene rings is 1. The van der Waals surface area contributed by atoms with Crippen molar-refractivity contribution in [1.82, 2.24) is 5.32 Å². The monoisotopic (exact) mass is 340 g/mol. The Morgan fingerprint density at radius 1 is 1.18 bits per heavy atom. The van der Waals surface area contributed by atoms with E-state index in [9.17, 15) is 26.0 Å². The maximum atomic E-state index is 14.1. The summed E-state index contributed by atoms with van der Waals surface area (Å²) < 4.78 is 74.2. The van der Waals surface area contributed by atoms with Crippen LogP contribution in [0.25, 0.3) is 0 Å². The average molecular weight is 340 g/mol. The first-order valence-corrected chi connectivity index (χ1v) is 8.39. The number of hydrogen-bond acceptors (Lipinski definition) is 4. The molecule has 1 aromatic rings. The van der Waals surface area contributed by atoms with Crippen molar-refractivity contribution in [2.45, 2.75) is 17.5 Å². The predicted octanol–water partition coefficient (Wildman–Crippen LogP) is 1.96. The van der Waals surface area contributed by atoms with Crippen LogP contribution in [0, 0.1) is 5.82 Å². The molecule has 2 rings (SSSR count). The highest BCUT2D eigenvalue weighted by molar-refractivity contribution is 7.91. The Morgan fingerprint density at radius 3 is 2.36 bits per heavy atom. The first-order chi connectivity index (χ1) is 10.2. The van der Waals surface area contributed by atoms with Gasteiger partial charge in [0.05, 0.1) is 22.8 Å². The fourth-order valence-corrected chi connectivity index (χ4v) is 3.51. The van der Waals surface area contributed by atoms with Crippen LogP contribution in [0.4, 0.5) is 23.2 Å². The van der Waals surface area contributed by atoms with Gasteiger partial charge in [0, 0.05) is 26.2 Å². The minimum Gasteiger partial charge on any atom is -0.367 e. The molecule has 0 saturated carbocycles. The first-order valence-electron chi connectivity index (χ1n) is 6.74. The van der Waals surface area contributed by atoms with Crippen molar-refractivity contribution < 1.29 is 26.0 Å². The van der Waals surface area contributed by atoms with E-state index < -0.39 is 38.9 Å². The molecule has 0 radical (unpaired) electrons. The minimum atomic E-state index is -4.56. The van der Waals surface area contributed by atoms with Gasteiger partial charge in [-0.2, -0.15) is 13.2 Å². The van der Waals surface area contributed by atoms with Crippen molar-refractivity contribution in [2.75, 3.05) is 36.8 Å². The van der Waals surface area contributed by atoms with Gasteiger partial charge in [-0.15, -0.1) is 0 Å². The van der Waals surface area contributed by atoms with E-state index in [4.69, 9.17) is 0 Å². The van der Waals surface area contributed by atoms with Gasteiger partial charge in [-0.3, -0.25) is 0 Å². The highest BCUT2D eigenvalue weighted by Gasteiger charge is 2.31. The molecule has 0 unspecified atom stereocenters. The number of hydrogen-bond donors (Lipinski definition) is 1. The van der Waals surface area contributed by atoms with Crippen LogP contribution < -0.4 is 10.2 Å². The van der Waals surface area contributed by atoms with Crippen molar-refractivity contribution in [3.8, 4) is 0 Å². The van der Waals surface area contributed by atoms with Crippen molar-refractivity contribution in [1.29, 1.82) is 0 Å². The first kappa shape index (κ1) is 17.0. The predicted molar refractivity (Wildman–Crippen MR) is 74.2 cm³/mol. The van der Waals surface area contributed by atoms with Crippen LogP contribution in [-0.4, -0.2) is 46.5 Å². The van der Waals surface area contributed by atoms with Crippen LogP contribution in [0.15, 0.2) is 23.1 Å². The van der Waals surface area contributed by atoms with E-state index in [1.54, 1.807) is 4.90 Å². The van der Waals surface area contributed by atoms with Crippen LogP contribution >= 0.6 is 0 Å². The fraction of sp³-hybridized carbons (Fsp3) is 0.538. The lowest BCUT2D eigenvalue weighted by molar-refractivity contribution is -0.129. The van der Waals surface area contributed by atoms with Crippen molar-refractivity contribution >= 4 is 15.5 Å². The molecule has 4 nitrogen and oxygen atoms in total. The maximum Gasteiger partial charge on any atom is 0.390 e. The zero-order valence-corrected chi connectivity index (χ0v) is 12.5. The summed E-state index contributed by atoms with van der Waals surface area (Å²) in [6.07, 6.45) is -6.01. The van der Waals surface area contributed by atoms with Gasteiger partial charge in [-0.1, -0.05) is 0 Å². The number of piperazine rings is 1. The molecule has 0 bridgehead atoms. The normalized spacial score (nSPS) is 16.8. The zero-order valence-electron chi connectivity index (χ0n) is 11.7. The Morgan fingerprint density at radius 2 is 1.82 bits per heavy atom. The van der Waals surface area contributed by atoms with E-state index in [2.05, 4.69) is 5.32 Å². The Hall–Kier alpha value is -1.35. The molecule has 1 N–H and O–H groups in total. The summed E-state index contributed by atoms with van der Waals surface area (Å²) in [5.74, 6) is -1.82. The summed E-state index contributed by atoms with van der Waals surface area (Å²) in [6.45, 7) is 2.53. The zero-order chi connectivity index (χ0) is 16.4. The summed E-state index contributed by atoms with van der Waals surface area (Å²) in [4.78, 5) is 1.34. The summed E-state index contributed by atoms with van der Waals surface area (Å²) in [7, 11) is -4.15. The molecule has 0 aliphatic carbocycles. The molecule has 1 saturated heterocycles. The number of anilines is 1. The molecule has 22 heavy (non-hydrogen) atoms. The molecule has 0 aromatic heterocycles. The van der Waals surface area contributed by atoms with E-state index in [1.165, 1.54) is 6.07 Å². The van der Waals surface area contributed by atoms with E-state index in [0.717, 1.165) is 12.1 Å². The SMILES string of the molecule is O=S(=O)(CCC(F)(F)F)c1ccc(N2CCNCC2)c(F)c1. The van der Waals surface area contributed by atoms with Crippen molar-refractivity contribution in [3.05, 3.63) is 24.0 Å². The molecule has 0 atom stereocenters. The highest BCUT2D eigenvalue weighted by atomic mass is 32.2. The number of rotatable bonds is 4. The summed E-state index contributed by atoms with van der Waals surface area (Å²) in [5.41, 5.74) is 0.260. The van der Waals surface area contributed by atoms with Gasteiger partial charge in [0.25, 0.3) is 0 Å². The molecule has 0 amide bonds. The molecule has 0 spiro atoms. The lowest BCUT2D eigenvalue weighted by atomic mass is 10.2. The maximum absolute atomic E-state index is 14.1. The van der Waals surface area contributed by atoms with Gasteiger partial charge in [-0.05, 0) is 18.2 Å². The third-order valence-corrected chi connectivity index (χ3v) is 5.10. The van der Waals surface area contributed by atoms with Crippen LogP contribution in [0.3, 0.4) is 0 Å². The van der Waals surface area contributed by atoms with Gasteiger partial charge in [0.2, 0.25) is 0 Å². The Balaban J connectivity index is 2.17. The summed E-state index contributed by atoms with van der Waals surface area (Å²) >= 11 is 0. The molecule has 1 aliphatic heterocycles. The van der Waals surface area contributed by atoms with Crippen molar-refractivity contribution in [2.24, 2.45) is 0 Å². The molecule has 9 heteroatoms. The lowest BCUT2D eigenvalue weighted by Crippen LogP contribution is -2.43. The molecule has 124 valence electrons. The number of alkyl halides is 3. The van der Waals surface area contributed by atoms with Gasteiger partial charge in [-0.25, -0.2) is 12.8 Å². The van der Waals surface area contributed by atoms with Gasteiger partial charge >= 0.3 is 6.18 Å². The van der Waals surface area contributed by atoms with Gasteiger partial charge < -0.3 is 10.2 Å². The van der Waals surface area contributed by atoms with Crippen LogP contribution in [0.2, 0.25) is 0 Å². The highest BCUT2D eigenvalue weighted by Crippen LogP contribution is 2.26. The average Bonchev–Trinajstić information content (AvgIpc) is 2.45. The molecular formula is C13H16F4N2O2S. The number of nitrogens with one attached hydrogen (secondary N) is 1. The summed E-state index contributed by atoms with van der Waals surface area (Å²) in [6, 6.07) is 3.26. The minimum absolute atomic E-state index is 0.260. The molecule has 1 aromatic carbocycles. The third kappa shape index (κ3) is 4.33. The Labute approximate surface area is 126 Å². The standard InChI is InChI=1S/C13H16F4N2O2S/c14-11-9-10(22(20,21)8-3-13(15,16)17)1-2-12(11)19-6-4-18-5-7-19/h1-2,9,18H,3-8H2. The lowest BCUT2D eigenvalue weighted by Gasteiger charge is -2.29. The second-order valence-electron chi connectivity index (χ2n) is 5.03. The van der Waals surface area contributed by atoms with E-state index in [1.807, 2.05) is 0 Å². The van der Waals surface area contributed by atoms with Gasteiger partial charge in [0.1, 0.15) is 5.82 Å². The Kier molecular flexibility index (Phi) is 4.96. The van der Waals surface area contributed by atoms with E-state index in [-0.39, 0.29) is 5.69 Å². The molecule has 1 aliphatic rings.